The standard InChI is InChI=1S/C14H10BrFN2/c15-10-5-3-4-9(14(10)16)8-13-17-11-6-1-2-7-12(11)18-13/h1-7H,8H2,(H,17,18). The van der Waals surface area contributed by atoms with Crippen molar-refractivity contribution >= 4 is 27.0 Å². The number of fused-ring (bicyclic) bond motifs is 1. The number of imidazole rings is 1. The Balaban J connectivity index is 1.99. The minimum atomic E-state index is -0.224. The minimum absolute atomic E-state index is 0.224. The zero-order valence-corrected chi connectivity index (χ0v) is 11.0. The minimum Gasteiger partial charge on any atom is -0.342 e. The third-order valence-electron chi connectivity index (χ3n) is 2.83. The Morgan fingerprint density at radius 2 is 1.94 bits per heavy atom. The molecule has 1 heterocycles. The fraction of sp³-hybridized carbons (Fsp3) is 0.0714. The van der Waals surface area contributed by atoms with Crippen molar-refractivity contribution in [2.75, 3.05) is 0 Å². The summed E-state index contributed by atoms with van der Waals surface area (Å²) < 4.78 is 14.3. The number of nitrogens with one attached hydrogen (secondary N) is 1. The molecule has 0 spiro atoms. The van der Waals surface area contributed by atoms with Crippen LogP contribution in [0.4, 0.5) is 4.39 Å². The maximum absolute atomic E-state index is 13.9. The maximum atomic E-state index is 13.9. The van der Waals surface area contributed by atoms with E-state index in [1.165, 1.54) is 0 Å². The molecule has 0 unspecified atom stereocenters. The smallest absolute Gasteiger partial charge is 0.141 e. The fourth-order valence-corrected chi connectivity index (χ4v) is 2.36. The number of rotatable bonds is 2. The second kappa shape index (κ2) is 4.53. The van der Waals surface area contributed by atoms with Crippen molar-refractivity contribution in [1.82, 2.24) is 9.97 Å². The van der Waals surface area contributed by atoms with E-state index in [-0.39, 0.29) is 5.82 Å². The lowest BCUT2D eigenvalue weighted by Gasteiger charge is -2.02. The zero-order valence-electron chi connectivity index (χ0n) is 9.45. The Bertz CT molecular complexity index is 673. The zero-order chi connectivity index (χ0) is 12.5. The number of para-hydroxylation sites is 2. The lowest BCUT2D eigenvalue weighted by Crippen LogP contribution is -1.95. The van der Waals surface area contributed by atoms with E-state index < -0.39 is 0 Å². The van der Waals surface area contributed by atoms with Crippen molar-refractivity contribution in [3.8, 4) is 0 Å². The Morgan fingerprint density at radius 3 is 2.78 bits per heavy atom. The summed E-state index contributed by atoms with van der Waals surface area (Å²) >= 11 is 3.19. The van der Waals surface area contributed by atoms with Gasteiger partial charge in [-0.1, -0.05) is 24.3 Å². The average molecular weight is 305 g/mol. The summed E-state index contributed by atoms with van der Waals surface area (Å²) in [7, 11) is 0. The van der Waals surface area contributed by atoms with Crippen molar-refractivity contribution in [2.45, 2.75) is 6.42 Å². The molecule has 2 nitrogen and oxygen atoms in total. The summed E-state index contributed by atoms with van der Waals surface area (Å²) in [5.41, 5.74) is 2.51. The van der Waals surface area contributed by atoms with Gasteiger partial charge in [-0.05, 0) is 39.7 Å². The lowest BCUT2D eigenvalue weighted by atomic mass is 10.1. The molecule has 0 aliphatic heterocycles. The molecule has 1 N–H and O–H groups in total. The molecule has 3 aromatic rings. The molecular formula is C14H10BrFN2. The molecule has 18 heavy (non-hydrogen) atoms. The van der Waals surface area contributed by atoms with E-state index in [1.807, 2.05) is 30.3 Å². The predicted octanol–water partition coefficient (Wildman–Crippen LogP) is 4.06. The van der Waals surface area contributed by atoms with Gasteiger partial charge in [0.05, 0.1) is 15.5 Å². The average Bonchev–Trinajstić information content (AvgIpc) is 2.77. The number of aromatic nitrogens is 2. The largest absolute Gasteiger partial charge is 0.342 e. The highest BCUT2D eigenvalue weighted by Gasteiger charge is 2.09. The number of nitrogens with zero attached hydrogens (tertiary/aromatic N) is 1. The van der Waals surface area contributed by atoms with Gasteiger partial charge in [0.25, 0.3) is 0 Å². The molecule has 1 aromatic heterocycles. The van der Waals surface area contributed by atoms with Crippen LogP contribution >= 0.6 is 15.9 Å². The van der Waals surface area contributed by atoms with Crippen LogP contribution in [0.5, 0.6) is 0 Å². The van der Waals surface area contributed by atoms with E-state index in [1.54, 1.807) is 12.1 Å². The molecule has 4 heteroatoms. The van der Waals surface area contributed by atoms with Crippen molar-refractivity contribution in [2.24, 2.45) is 0 Å². The molecule has 0 saturated heterocycles. The van der Waals surface area contributed by atoms with Gasteiger partial charge >= 0.3 is 0 Å². The Labute approximate surface area is 112 Å². The second-order valence-corrected chi connectivity index (χ2v) is 4.94. The van der Waals surface area contributed by atoms with E-state index in [0.717, 1.165) is 16.9 Å². The van der Waals surface area contributed by atoms with Crippen LogP contribution in [-0.2, 0) is 6.42 Å². The number of H-pyrrole nitrogens is 1. The molecular weight excluding hydrogens is 295 g/mol. The van der Waals surface area contributed by atoms with E-state index >= 15 is 0 Å². The third-order valence-corrected chi connectivity index (χ3v) is 3.44. The van der Waals surface area contributed by atoms with Crippen LogP contribution in [0.3, 0.4) is 0 Å². The van der Waals surface area contributed by atoms with Crippen molar-refractivity contribution in [1.29, 1.82) is 0 Å². The van der Waals surface area contributed by atoms with Gasteiger partial charge in [0.2, 0.25) is 0 Å². The molecule has 3 rings (SSSR count). The SMILES string of the molecule is Fc1c(Br)cccc1Cc1nc2ccccc2[nH]1. The molecule has 0 radical (unpaired) electrons. The van der Waals surface area contributed by atoms with E-state index in [9.17, 15) is 4.39 Å². The molecule has 0 bridgehead atoms. The number of halogens is 2. The quantitative estimate of drug-likeness (QED) is 0.760. The molecule has 0 fully saturated rings. The van der Waals surface area contributed by atoms with Crippen molar-refractivity contribution in [3.63, 3.8) is 0 Å². The molecule has 0 amide bonds. The first-order valence-corrected chi connectivity index (χ1v) is 6.40. The summed E-state index contributed by atoms with van der Waals surface area (Å²) in [4.78, 5) is 7.64. The van der Waals surface area contributed by atoms with Gasteiger partial charge in [-0.2, -0.15) is 0 Å². The fourth-order valence-electron chi connectivity index (χ4n) is 1.95. The Hall–Kier alpha value is -1.68. The van der Waals surface area contributed by atoms with Crippen molar-refractivity contribution < 1.29 is 4.39 Å². The van der Waals surface area contributed by atoms with E-state index in [0.29, 0.717) is 16.5 Å². The lowest BCUT2D eigenvalue weighted by molar-refractivity contribution is 0.606. The first kappa shape index (κ1) is 11.4. The monoisotopic (exact) mass is 304 g/mol. The molecule has 0 atom stereocenters. The molecule has 2 aromatic carbocycles. The summed E-state index contributed by atoms with van der Waals surface area (Å²) in [5, 5.41) is 0. The van der Waals surface area contributed by atoms with Crippen LogP contribution in [0.15, 0.2) is 46.9 Å². The highest BCUT2D eigenvalue weighted by molar-refractivity contribution is 9.10. The van der Waals surface area contributed by atoms with Gasteiger partial charge in [0, 0.05) is 6.42 Å². The van der Waals surface area contributed by atoms with Crippen LogP contribution in [0.2, 0.25) is 0 Å². The maximum Gasteiger partial charge on any atom is 0.141 e. The van der Waals surface area contributed by atoms with Gasteiger partial charge < -0.3 is 4.98 Å². The Kier molecular flexibility index (Phi) is 2.88. The van der Waals surface area contributed by atoms with Gasteiger partial charge in [-0.25, -0.2) is 9.37 Å². The normalized spacial score (nSPS) is 11.0. The summed E-state index contributed by atoms with van der Waals surface area (Å²) in [6.07, 6.45) is 0.458. The molecule has 0 saturated carbocycles. The molecule has 0 aliphatic rings. The highest BCUT2D eigenvalue weighted by atomic mass is 79.9. The first-order chi connectivity index (χ1) is 8.74. The topological polar surface area (TPSA) is 28.7 Å². The van der Waals surface area contributed by atoms with Crippen LogP contribution < -0.4 is 0 Å². The van der Waals surface area contributed by atoms with Gasteiger partial charge in [0.15, 0.2) is 0 Å². The van der Waals surface area contributed by atoms with Gasteiger partial charge in [-0.3, -0.25) is 0 Å². The first-order valence-electron chi connectivity index (χ1n) is 5.60. The van der Waals surface area contributed by atoms with E-state index in [2.05, 4.69) is 25.9 Å². The molecule has 90 valence electrons. The van der Waals surface area contributed by atoms with Crippen LogP contribution in [0, 0.1) is 5.82 Å². The summed E-state index contributed by atoms with van der Waals surface area (Å²) in [6.45, 7) is 0. The van der Waals surface area contributed by atoms with Crippen LogP contribution in [-0.4, -0.2) is 9.97 Å². The highest BCUT2D eigenvalue weighted by Crippen LogP contribution is 2.21. The third kappa shape index (κ3) is 2.04. The van der Waals surface area contributed by atoms with Gasteiger partial charge in [0.1, 0.15) is 11.6 Å². The molecule has 0 aliphatic carbocycles. The van der Waals surface area contributed by atoms with Crippen molar-refractivity contribution in [3.05, 3.63) is 64.1 Å². The number of hydrogen-bond acceptors (Lipinski definition) is 1. The number of hydrogen-bond donors (Lipinski definition) is 1. The summed E-state index contributed by atoms with van der Waals surface area (Å²) in [5.74, 6) is 0.547. The van der Waals surface area contributed by atoms with Crippen LogP contribution in [0.25, 0.3) is 11.0 Å². The Morgan fingerprint density at radius 1 is 1.11 bits per heavy atom. The van der Waals surface area contributed by atoms with Gasteiger partial charge in [-0.15, -0.1) is 0 Å². The van der Waals surface area contributed by atoms with Crippen LogP contribution in [0.1, 0.15) is 11.4 Å². The summed E-state index contributed by atoms with van der Waals surface area (Å²) in [6, 6.07) is 13.1. The second-order valence-electron chi connectivity index (χ2n) is 4.09. The predicted molar refractivity (Wildman–Crippen MR) is 73.0 cm³/mol. The van der Waals surface area contributed by atoms with E-state index in [4.69, 9.17) is 0 Å². The number of aromatic amines is 1. The number of benzene rings is 2.